The highest BCUT2D eigenvalue weighted by Crippen LogP contribution is 2.30. The molecule has 1 aliphatic carbocycles. The van der Waals surface area contributed by atoms with Gasteiger partial charge < -0.3 is 5.73 Å². The van der Waals surface area contributed by atoms with Crippen molar-refractivity contribution in [3.05, 3.63) is 28.0 Å². The molecule has 1 heterocycles. The topological polar surface area (TPSA) is 26.0 Å². The van der Waals surface area contributed by atoms with Crippen LogP contribution < -0.4 is 5.73 Å². The molecule has 1 aromatic rings. The lowest BCUT2D eigenvalue weighted by molar-refractivity contribution is 0.658. The number of aryl methyl sites for hydroxylation is 1. The molecular formula is C12H17NS. The molecule has 2 heteroatoms. The van der Waals surface area contributed by atoms with Crippen molar-refractivity contribution in [3.63, 3.8) is 0 Å². The quantitative estimate of drug-likeness (QED) is 0.751. The number of allylic oxidation sites excluding steroid dienone is 1. The monoisotopic (exact) mass is 207 g/mol. The molecular weight excluding hydrogens is 190 g/mol. The molecule has 1 atom stereocenters. The number of hydrogen-bond donors (Lipinski definition) is 1. The largest absolute Gasteiger partial charge is 0.324 e. The fraction of sp³-hybridized carbons (Fsp3) is 0.500. The van der Waals surface area contributed by atoms with Crippen molar-refractivity contribution >= 4 is 16.9 Å². The van der Waals surface area contributed by atoms with E-state index in [1.54, 1.807) is 0 Å². The van der Waals surface area contributed by atoms with Crippen molar-refractivity contribution in [1.82, 2.24) is 0 Å². The number of rotatable bonds is 1. The summed E-state index contributed by atoms with van der Waals surface area (Å²) in [6.45, 7) is 2.16. The summed E-state index contributed by atoms with van der Waals surface area (Å²) < 4.78 is 0. The van der Waals surface area contributed by atoms with E-state index in [1.807, 2.05) is 11.3 Å². The minimum atomic E-state index is 0.273. The molecule has 2 N–H and O–H groups in total. The molecule has 1 unspecified atom stereocenters. The van der Waals surface area contributed by atoms with Gasteiger partial charge in [0.05, 0.1) is 0 Å². The average molecular weight is 207 g/mol. The van der Waals surface area contributed by atoms with Gasteiger partial charge >= 0.3 is 0 Å². The van der Waals surface area contributed by atoms with Gasteiger partial charge in [0.2, 0.25) is 0 Å². The summed E-state index contributed by atoms with van der Waals surface area (Å²) in [5.74, 6) is 0. The van der Waals surface area contributed by atoms with Gasteiger partial charge in [-0.1, -0.05) is 12.5 Å². The van der Waals surface area contributed by atoms with Gasteiger partial charge in [-0.15, -0.1) is 11.3 Å². The minimum absolute atomic E-state index is 0.273. The number of thiophene rings is 1. The fourth-order valence-electron chi connectivity index (χ4n) is 1.93. The predicted molar refractivity (Wildman–Crippen MR) is 63.5 cm³/mol. The SMILES string of the molecule is Cc1ccc(C2=CC(N)CCCC2)s1. The third kappa shape index (κ3) is 2.25. The lowest BCUT2D eigenvalue weighted by Gasteiger charge is -2.03. The molecule has 1 aliphatic rings. The van der Waals surface area contributed by atoms with Gasteiger partial charge in [-0.05, 0) is 43.9 Å². The maximum Gasteiger partial charge on any atom is 0.0302 e. The van der Waals surface area contributed by atoms with Crippen LogP contribution in [0.5, 0.6) is 0 Å². The molecule has 0 fully saturated rings. The van der Waals surface area contributed by atoms with Gasteiger partial charge in [0.25, 0.3) is 0 Å². The maximum atomic E-state index is 6.00. The van der Waals surface area contributed by atoms with Crippen LogP contribution in [0, 0.1) is 6.92 Å². The van der Waals surface area contributed by atoms with Gasteiger partial charge in [-0.3, -0.25) is 0 Å². The molecule has 0 radical (unpaired) electrons. The van der Waals surface area contributed by atoms with E-state index < -0.39 is 0 Å². The van der Waals surface area contributed by atoms with E-state index in [-0.39, 0.29) is 6.04 Å². The molecule has 2 rings (SSSR count). The van der Waals surface area contributed by atoms with Gasteiger partial charge in [0.15, 0.2) is 0 Å². The van der Waals surface area contributed by atoms with Gasteiger partial charge in [0, 0.05) is 15.8 Å². The summed E-state index contributed by atoms with van der Waals surface area (Å²) in [6, 6.07) is 4.69. The zero-order valence-electron chi connectivity index (χ0n) is 8.62. The molecule has 1 aromatic heterocycles. The first kappa shape index (κ1) is 9.94. The van der Waals surface area contributed by atoms with Crippen LogP contribution in [0.15, 0.2) is 18.2 Å². The van der Waals surface area contributed by atoms with Crippen molar-refractivity contribution in [1.29, 1.82) is 0 Å². The van der Waals surface area contributed by atoms with Crippen LogP contribution in [0.25, 0.3) is 5.57 Å². The Morgan fingerprint density at radius 1 is 1.36 bits per heavy atom. The fourth-order valence-corrected chi connectivity index (χ4v) is 2.85. The lowest BCUT2D eigenvalue weighted by atomic mass is 10.1. The Bertz CT molecular complexity index is 338. The normalized spacial score (nSPS) is 23.0. The lowest BCUT2D eigenvalue weighted by Crippen LogP contribution is -2.15. The third-order valence-electron chi connectivity index (χ3n) is 2.71. The van der Waals surface area contributed by atoms with Crippen molar-refractivity contribution < 1.29 is 0 Å². The van der Waals surface area contributed by atoms with E-state index in [0.717, 1.165) is 6.42 Å². The summed E-state index contributed by atoms with van der Waals surface area (Å²) >= 11 is 1.88. The molecule has 0 amide bonds. The predicted octanol–water partition coefficient (Wildman–Crippen LogP) is 3.34. The Morgan fingerprint density at radius 2 is 2.21 bits per heavy atom. The van der Waals surface area contributed by atoms with Crippen LogP contribution in [0.3, 0.4) is 0 Å². The Hall–Kier alpha value is -0.600. The van der Waals surface area contributed by atoms with E-state index in [4.69, 9.17) is 5.73 Å². The average Bonchev–Trinajstić information content (AvgIpc) is 2.45. The summed E-state index contributed by atoms with van der Waals surface area (Å²) in [7, 11) is 0. The highest BCUT2D eigenvalue weighted by atomic mass is 32.1. The smallest absolute Gasteiger partial charge is 0.0302 e. The van der Waals surface area contributed by atoms with Crippen LogP contribution in [-0.2, 0) is 0 Å². The Labute approximate surface area is 89.6 Å². The first-order valence-corrected chi connectivity index (χ1v) is 6.10. The van der Waals surface area contributed by atoms with Crippen molar-refractivity contribution in [3.8, 4) is 0 Å². The minimum Gasteiger partial charge on any atom is -0.324 e. The molecule has 0 bridgehead atoms. The molecule has 0 spiro atoms. The summed E-state index contributed by atoms with van der Waals surface area (Å²) in [4.78, 5) is 2.80. The zero-order chi connectivity index (χ0) is 9.97. The third-order valence-corrected chi connectivity index (χ3v) is 3.78. The van der Waals surface area contributed by atoms with Gasteiger partial charge in [0.1, 0.15) is 0 Å². The highest BCUT2D eigenvalue weighted by molar-refractivity contribution is 7.13. The van der Waals surface area contributed by atoms with Crippen LogP contribution >= 0.6 is 11.3 Å². The second kappa shape index (κ2) is 4.28. The van der Waals surface area contributed by atoms with E-state index in [1.165, 1.54) is 34.6 Å². The molecule has 76 valence electrons. The van der Waals surface area contributed by atoms with E-state index >= 15 is 0 Å². The van der Waals surface area contributed by atoms with Gasteiger partial charge in [-0.2, -0.15) is 0 Å². The number of nitrogens with two attached hydrogens (primary N) is 1. The van der Waals surface area contributed by atoms with Crippen molar-refractivity contribution in [2.45, 2.75) is 38.6 Å². The Kier molecular flexibility index (Phi) is 3.04. The van der Waals surface area contributed by atoms with E-state index in [9.17, 15) is 0 Å². The Morgan fingerprint density at radius 3 is 2.93 bits per heavy atom. The highest BCUT2D eigenvalue weighted by Gasteiger charge is 2.10. The molecule has 0 saturated heterocycles. The zero-order valence-corrected chi connectivity index (χ0v) is 9.44. The molecule has 0 aromatic carbocycles. The van der Waals surface area contributed by atoms with Crippen molar-refractivity contribution in [2.75, 3.05) is 0 Å². The van der Waals surface area contributed by atoms with E-state index in [0.29, 0.717) is 0 Å². The summed E-state index contributed by atoms with van der Waals surface area (Å²) in [5.41, 5.74) is 7.46. The van der Waals surface area contributed by atoms with Crippen LogP contribution in [0.4, 0.5) is 0 Å². The van der Waals surface area contributed by atoms with E-state index in [2.05, 4.69) is 25.1 Å². The summed E-state index contributed by atoms with van der Waals surface area (Å²) in [5, 5.41) is 0. The van der Waals surface area contributed by atoms with Crippen LogP contribution in [0.1, 0.15) is 35.4 Å². The maximum absolute atomic E-state index is 6.00. The van der Waals surface area contributed by atoms with Gasteiger partial charge in [-0.25, -0.2) is 0 Å². The second-order valence-electron chi connectivity index (χ2n) is 4.01. The van der Waals surface area contributed by atoms with Crippen LogP contribution in [-0.4, -0.2) is 6.04 Å². The molecule has 0 saturated carbocycles. The number of hydrogen-bond acceptors (Lipinski definition) is 2. The standard InChI is InChI=1S/C12H17NS/c1-9-6-7-12(14-9)10-4-2-3-5-11(13)8-10/h6-8,11H,2-5,13H2,1H3. The molecule has 14 heavy (non-hydrogen) atoms. The Balaban J connectivity index is 2.23. The first-order valence-electron chi connectivity index (χ1n) is 5.29. The summed E-state index contributed by atoms with van der Waals surface area (Å²) in [6.07, 6.45) is 7.17. The first-order chi connectivity index (χ1) is 6.75. The second-order valence-corrected chi connectivity index (χ2v) is 5.30. The van der Waals surface area contributed by atoms with Crippen molar-refractivity contribution in [2.24, 2.45) is 5.73 Å². The molecule has 0 aliphatic heterocycles. The van der Waals surface area contributed by atoms with Crippen LogP contribution in [0.2, 0.25) is 0 Å². The molecule has 1 nitrogen and oxygen atoms in total.